The molecular weight excluding hydrogens is 473 g/mol. The van der Waals surface area contributed by atoms with Crippen molar-refractivity contribution in [1.82, 2.24) is 0 Å². The van der Waals surface area contributed by atoms with Crippen molar-refractivity contribution in [2.45, 2.75) is 24.0 Å². The molecule has 2 aliphatic rings. The van der Waals surface area contributed by atoms with Gasteiger partial charge in [0.05, 0.1) is 10.4 Å². The summed E-state index contributed by atoms with van der Waals surface area (Å²) >= 11 is 3.12. The number of allylic oxidation sites excluding steroid dienone is 1. The van der Waals surface area contributed by atoms with Crippen molar-refractivity contribution in [2.75, 3.05) is 16.6 Å². The van der Waals surface area contributed by atoms with Crippen LogP contribution >= 0.6 is 15.9 Å². The fourth-order valence-corrected chi connectivity index (χ4v) is 5.11. The molecule has 0 unspecified atom stereocenters. The van der Waals surface area contributed by atoms with Gasteiger partial charge in [0.15, 0.2) is 11.6 Å². The van der Waals surface area contributed by atoms with Crippen molar-refractivity contribution in [1.29, 1.82) is 0 Å². The van der Waals surface area contributed by atoms with Crippen molar-refractivity contribution >= 4 is 43.0 Å². The number of fused-ring (bicyclic) bond motifs is 1. The first-order valence-corrected chi connectivity index (χ1v) is 11.0. The van der Waals surface area contributed by atoms with E-state index in [1.54, 1.807) is 12.2 Å². The fourth-order valence-electron chi connectivity index (χ4n) is 3.13. The summed E-state index contributed by atoms with van der Waals surface area (Å²) in [5.74, 6) is -3.54. The molecule has 1 saturated carbocycles. The van der Waals surface area contributed by atoms with Gasteiger partial charge in [-0.2, -0.15) is 0 Å². The topological polar surface area (TPSA) is 67.4 Å². The molecule has 1 aliphatic carbocycles. The highest BCUT2D eigenvalue weighted by Crippen LogP contribution is 2.49. The lowest BCUT2D eigenvalue weighted by atomic mass is 10.2. The second-order valence-electron chi connectivity index (χ2n) is 6.94. The summed E-state index contributed by atoms with van der Waals surface area (Å²) in [5.41, 5.74) is -1.00. The third kappa shape index (κ3) is 3.71. The molecule has 4 rings (SSSR count). The Bertz CT molecular complexity index is 1120. The molecule has 2 N–H and O–H groups in total. The van der Waals surface area contributed by atoms with Crippen LogP contribution in [0.15, 0.2) is 40.9 Å². The zero-order valence-corrected chi connectivity index (χ0v) is 17.3. The highest BCUT2D eigenvalue weighted by molar-refractivity contribution is 9.10. The van der Waals surface area contributed by atoms with Crippen molar-refractivity contribution < 1.29 is 26.3 Å². The molecule has 1 heterocycles. The summed E-state index contributed by atoms with van der Waals surface area (Å²) in [6, 6.07) is 4.73. The van der Waals surface area contributed by atoms with E-state index in [1.807, 2.05) is 0 Å². The van der Waals surface area contributed by atoms with Gasteiger partial charge in [0.1, 0.15) is 29.5 Å². The normalized spacial score (nSPS) is 20.1. The largest absolute Gasteiger partial charge is 0.487 e. The summed E-state index contributed by atoms with van der Waals surface area (Å²) in [7, 11) is -3.94. The highest BCUT2D eigenvalue weighted by Gasteiger charge is 2.54. The SMILES string of the molecule is O=S1(=O)Nc2c(cc(F)c(F)c2Nc2ccc(Br)cc2F)OC/C=C/CC12CC2. The van der Waals surface area contributed by atoms with Crippen LogP contribution in [0, 0.1) is 17.5 Å². The predicted molar refractivity (Wildman–Crippen MR) is 108 cm³/mol. The fraction of sp³-hybridized carbons (Fsp3) is 0.263. The summed E-state index contributed by atoms with van der Waals surface area (Å²) in [6.07, 6.45) is 4.53. The van der Waals surface area contributed by atoms with Gasteiger partial charge >= 0.3 is 0 Å². The average Bonchev–Trinajstić information content (AvgIpc) is 3.44. The van der Waals surface area contributed by atoms with E-state index < -0.39 is 37.9 Å². The summed E-state index contributed by atoms with van der Waals surface area (Å²) in [4.78, 5) is 0. The van der Waals surface area contributed by atoms with Crippen molar-refractivity contribution in [3.63, 3.8) is 0 Å². The molecule has 29 heavy (non-hydrogen) atoms. The second-order valence-corrected chi connectivity index (χ2v) is 9.94. The number of hydrogen-bond acceptors (Lipinski definition) is 4. The number of nitrogens with one attached hydrogen (secondary N) is 2. The number of sulfonamides is 1. The molecule has 0 aromatic heterocycles. The molecule has 10 heteroatoms. The molecule has 154 valence electrons. The second kappa shape index (κ2) is 7.24. The zero-order chi connectivity index (χ0) is 20.8. The quantitative estimate of drug-likeness (QED) is 0.568. The van der Waals surface area contributed by atoms with Crippen LogP contribution in [0.1, 0.15) is 19.3 Å². The lowest BCUT2D eigenvalue weighted by Gasteiger charge is -2.23. The van der Waals surface area contributed by atoms with Crippen LogP contribution in [0.25, 0.3) is 0 Å². The third-order valence-corrected chi connectivity index (χ3v) is 7.66. The van der Waals surface area contributed by atoms with E-state index in [9.17, 15) is 21.6 Å². The molecule has 0 bridgehead atoms. The zero-order valence-electron chi connectivity index (χ0n) is 14.9. The van der Waals surface area contributed by atoms with Crippen LogP contribution in [0.3, 0.4) is 0 Å². The summed E-state index contributed by atoms with van der Waals surface area (Å²) in [6.45, 7) is 0.0436. The number of rotatable bonds is 2. The first-order chi connectivity index (χ1) is 13.7. The van der Waals surface area contributed by atoms with Crippen LogP contribution in [0.2, 0.25) is 0 Å². The molecule has 0 atom stereocenters. The lowest BCUT2D eigenvalue weighted by molar-refractivity contribution is 0.360. The van der Waals surface area contributed by atoms with Gasteiger partial charge in [-0.25, -0.2) is 21.6 Å². The molecule has 0 saturated heterocycles. The van der Waals surface area contributed by atoms with Crippen molar-refractivity contribution in [3.8, 4) is 5.75 Å². The Kier molecular flexibility index (Phi) is 5.02. The molecule has 0 radical (unpaired) electrons. The Balaban J connectivity index is 1.86. The predicted octanol–water partition coefficient (Wildman–Crippen LogP) is 5.22. The average molecular weight is 489 g/mol. The Hall–Kier alpha value is -2.20. The van der Waals surface area contributed by atoms with Gasteiger partial charge in [0, 0.05) is 10.5 Å². The van der Waals surface area contributed by atoms with E-state index in [2.05, 4.69) is 26.0 Å². The summed E-state index contributed by atoms with van der Waals surface area (Å²) in [5, 5.41) is 2.47. The molecule has 1 spiro atoms. The lowest BCUT2D eigenvalue weighted by Crippen LogP contribution is -2.30. The van der Waals surface area contributed by atoms with Crippen molar-refractivity contribution in [2.24, 2.45) is 0 Å². The van der Waals surface area contributed by atoms with Crippen LogP contribution in [-0.2, 0) is 10.0 Å². The summed E-state index contributed by atoms with van der Waals surface area (Å²) < 4.78 is 76.3. The van der Waals surface area contributed by atoms with Gasteiger partial charge in [0.25, 0.3) is 0 Å². The van der Waals surface area contributed by atoms with Gasteiger partial charge in [0.2, 0.25) is 10.0 Å². The van der Waals surface area contributed by atoms with Crippen LogP contribution in [-0.4, -0.2) is 19.8 Å². The molecule has 0 amide bonds. The number of halogens is 4. The molecule has 1 fully saturated rings. The van der Waals surface area contributed by atoms with Crippen LogP contribution in [0.5, 0.6) is 5.75 Å². The van der Waals surface area contributed by atoms with Crippen molar-refractivity contribution in [3.05, 3.63) is 58.3 Å². The maximum absolute atomic E-state index is 14.7. The Morgan fingerprint density at radius 1 is 1.10 bits per heavy atom. The number of benzene rings is 2. The third-order valence-electron chi connectivity index (χ3n) is 4.98. The first kappa shape index (κ1) is 20.1. The maximum Gasteiger partial charge on any atom is 0.238 e. The number of hydrogen-bond donors (Lipinski definition) is 2. The minimum Gasteiger partial charge on any atom is -0.487 e. The number of anilines is 3. The van der Waals surface area contributed by atoms with E-state index in [0.29, 0.717) is 17.3 Å². The highest BCUT2D eigenvalue weighted by atomic mass is 79.9. The van der Waals surface area contributed by atoms with E-state index in [4.69, 9.17) is 4.74 Å². The maximum atomic E-state index is 14.7. The monoisotopic (exact) mass is 488 g/mol. The smallest absolute Gasteiger partial charge is 0.238 e. The minimum atomic E-state index is -3.94. The Morgan fingerprint density at radius 2 is 1.86 bits per heavy atom. The Labute approximate surface area is 174 Å². The Morgan fingerprint density at radius 3 is 2.55 bits per heavy atom. The van der Waals surface area contributed by atoms with Gasteiger partial charge < -0.3 is 10.1 Å². The molecular formula is C19H16BrF3N2O3S. The molecule has 5 nitrogen and oxygen atoms in total. The van der Waals surface area contributed by atoms with Gasteiger partial charge in [-0.05, 0) is 37.5 Å². The van der Waals surface area contributed by atoms with E-state index in [0.717, 1.165) is 12.1 Å². The van der Waals surface area contributed by atoms with Gasteiger partial charge in [-0.3, -0.25) is 4.72 Å². The van der Waals surface area contributed by atoms with Crippen LogP contribution in [0.4, 0.5) is 30.2 Å². The van der Waals surface area contributed by atoms with Crippen LogP contribution < -0.4 is 14.8 Å². The minimum absolute atomic E-state index is 0.0436. The molecule has 2 aromatic carbocycles. The molecule has 1 aliphatic heterocycles. The molecule has 2 aromatic rings. The van der Waals surface area contributed by atoms with E-state index in [1.165, 1.54) is 12.1 Å². The standard InChI is InChI=1S/C19H16BrF3N2O3S/c20-11-3-4-14(12(21)9-11)24-18-16(23)13(22)10-15-17(18)25-29(26,27)19(6-7-19)5-1-2-8-28-15/h1-4,9-10,24-25H,5-8H2/b2-1+. The van der Waals surface area contributed by atoms with Gasteiger partial charge in [-0.15, -0.1) is 0 Å². The van der Waals surface area contributed by atoms with Gasteiger partial charge in [-0.1, -0.05) is 28.1 Å². The van der Waals surface area contributed by atoms with E-state index >= 15 is 0 Å². The first-order valence-electron chi connectivity index (χ1n) is 8.77. The van der Waals surface area contributed by atoms with E-state index in [-0.39, 0.29) is 30.2 Å². The number of ether oxygens (including phenoxy) is 1.